The SMILES string of the molecule is CCNC(c1cccc(I)c1)c1cncc(OC)c1. The molecule has 1 atom stereocenters. The van der Waals surface area contributed by atoms with Gasteiger partial charge in [0.25, 0.3) is 0 Å². The van der Waals surface area contributed by atoms with Crippen LogP contribution in [0.3, 0.4) is 0 Å². The predicted molar refractivity (Wildman–Crippen MR) is 85.5 cm³/mol. The molecule has 0 bridgehead atoms. The fourth-order valence-corrected chi connectivity index (χ4v) is 2.59. The van der Waals surface area contributed by atoms with Crippen LogP contribution in [-0.2, 0) is 0 Å². The Morgan fingerprint density at radius 2 is 2.11 bits per heavy atom. The molecular formula is C15H17IN2O. The Balaban J connectivity index is 2.38. The summed E-state index contributed by atoms with van der Waals surface area (Å²) in [5.41, 5.74) is 2.35. The lowest BCUT2D eigenvalue weighted by Gasteiger charge is -2.19. The van der Waals surface area contributed by atoms with Crippen molar-refractivity contribution in [3.8, 4) is 5.75 Å². The van der Waals surface area contributed by atoms with E-state index in [1.807, 2.05) is 12.3 Å². The summed E-state index contributed by atoms with van der Waals surface area (Å²) in [6.07, 6.45) is 3.61. The monoisotopic (exact) mass is 368 g/mol. The lowest BCUT2D eigenvalue weighted by Crippen LogP contribution is -2.22. The molecule has 0 fully saturated rings. The molecule has 0 aliphatic rings. The first-order valence-electron chi connectivity index (χ1n) is 6.22. The fraction of sp³-hybridized carbons (Fsp3) is 0.267. The fourth-order valence-electron chi connectivity index (χ4n) is 2.02. The minimum atomic E-state index is 0.141. The average Bonchev–Trinajstić information content (AvgIpc) is 2.45. The number of halogens is 1. The minimum absolute atomic E-state index is 0.141. The van der Waals surface area contributed by atoms with Gasteiger partial charge in [0, 0.05) is 9.77 Å². The van der Waals surface area contributed by atoms with Crippen LogP contribution in [-0.4, -0.2) is 18.6 Å². The molecule has 4 heteroatoms. The predicted octanol–water partition coefficient (Wildman–Crippen LogP) is 3.39. The summed E-state index contributed by atoms with van der Waals surface area (Å²) in [7, 11) is 1.66. The van der Waals surface area contributed by atoms with Crippen molar-refractivity contribution in [1.82, 2.24) is 10.3 Å². The van der Waals surface area contributed by atoms with Crippen molar-refractivity contribution in [1.29, 1.82) is 0 Å². The highest BCUT2D eigenvalue weighted by molar-refractivity contribution is 14.1. The van der Waals surface area contributed by atoms with Crippen LogP contribution in [0.4, 0.5) is 0 Å². The molecule has 1 heterocycles. The molecule has 0 saturated heterocycles. The van der Waals surface area contributed by atoms with Crippen molar-refractivity contribution in [3.63, 3.8) is 0 Å². The van der Waals surface area contributed by atoms with E-state index >= 15 is 0 Å². The molecule has 0 aliphatic carbocycles. The Morgan fingerprint density at radius 1 is 1.26 bits per heavy atom. The number of aromatic nitrogens is 1. The van der Waals surface area contributed by atoms with Crippen molar-refractivity contribution in [2.24, 2.45) is 0 Å². The Hall–Kier alpha value is -1.14. The van der Waals surface area contributed by atoms with Crippen LogP contribution in [0.2, 0.25) is 0 Å². The largest absolute Gasteiger partial charge is 0.495 e. The molecule has 0 amide bonds. The summed E-state index contributed by atoms with van der Waals surface area (Å²) in [5, 5.41) is 3.49. The highest BCUT2D eigenvalue weighted by Gasteiger charge is 2.14. The lowest BCUT2D eigenvalue weighted by atomic mass is 10.00. The van der Waals surface area contributed by atoms with Crippen molar-refractivity contribution >= 4 is 22.6 Å². The Kier molecular flexibility index (Phi) is 5.15. The van der Waals surface area contributed by atoms with Gasteiger partial charge >= 0.3 is 0 Å². The van der Waals surface area contributed by atoms with Crippen LogP contribution in [0.15, 0.2) is 42.7 Å². The second-order valence-electron chi connectivity index (χ2n) is 4.20. The normalized spacial score (nSPS) is 12.2. The lowest BCUT2D eigenvalue weighted by molar-refractivity contribution is 0.411. The topological polar surface area (TPSA) is 34.2 Å². The summed E-state index contributed by atoms with van der Waals surface area (Å²) >= 11 is 2.33. The summed E-state index contributed by atoms with van der Waals surface area (Å²) in [4.78, 5) is 4.24. The van der Waals surface area contributed by atoms with Gasteiger partial charge in [-0.05, 0) is 58.5 Å². The zero-order valence-corrected chi connectivity index (χ0v) is 13.2. The van der Waals surface area contributed by atoms with E-state index in [0.29, 0.717) is 0 Å². The number of hydrogen-bond acceptors (Lipinski definition) is 3. The van der Waals surface area contributed by atoms with Crippen LogP contribution in [0.1, 0.15) is 24.1 Å². The van der Waals surface area contributed by atoms with Gasteiger partial charge in [-0.1, -0.05) is 19.1 Å². The van der Waals surface area contributed by atoms with Crippen LogP contribution in [0.5, 0.6) is 5.75 Å². The van der Waals surface area contributed by atoms with Gasteiger partial charge < -0.3 is 10.1 Å². The maximum absolute atomic E-state index is 5.25. The standard InChI is InChI=1S/C15H17IN2O/c1-3-18-15(11-5-4-6-13(16)7-11)12-8-14(19-2)10-17-9-12/h4-10,15,18H,3H2,1-2H3. The number of rotatable bonds is 5. The van der Waals surface area contributed by atoms with Crippen molar-refractivity contribution < 1.29 is 4.74 Å². The van der Waals surface area contributed by atoms with E-state index in [1.54, 1.807) is 13.3 Å². The van der Waals surface area contributed by atoms with Crippen LogP contribution in [0.25, 0.3) is 0 Å². The molecule has 2 rings (SSSR count). The number of hydrogen-bond donors (Lipinski definition) is 1. The number of ether oxygens (including phenoxy) is 1. The van der Waals surface area contributed by atoms with E-state index < -0.39 is 0 Å². The van der Waals surface area contributed by atoms with E-state index in [-0.39, 0.29) is 6.04 Å². The van der Waals surface area contributed by atoms with Gasteiger partial charge in [-0.3, -0.25) is 4.98 Å². The third-order valence-electron chi connectivity index (χ3n) is 2.89. The number of pyridine rings is 1. The molecule has 0 spiro atoms. The molecule has 1 aromatic carbocycles. The van der Waals surface area contributed by atoms with Crippen LogP contribution >= 0.6 is 22.6 Å². The van der Waals surface area contributed by atoms with E-state index in [4.69, 9.17) is 4.74 Å². The Bertz CT molecular complexity index is 545. The quantitative estimate of drug-likeness (QED) is 0.822. The highest BCUT2D eigenvalue weighted by atomic mass is 127. The second-order valence-corrected chi connectivity index (χ2v) is 5.45. The van der Waals surface area contributed by atoms with E-state index in [0.717, 1.165) is 17.9 Å². The van der Waals surface area contributed by atoms with Gasteiger partial charge in [-0.15, -0.1) is 0 Å². The number of benzene rings is 1. The number of nitrogens with one attached hydrogen (secondary N) is 1. The molecule has 1 unspecified atom stereocenters. The second kappa shape index (κ2) is 6.86. The molecule has 0 radical (unpaired) electrons. The van der Waals surface area contributed by atoms with E-state index in [9.17, 15) is 0 Å². The van der Waals surface area contributed by atoms with E-state index in [1.165, 1.54) is 9.13 Å². The van der Waals surface area contributed by atoms with Gasteiger partial charge in [0.2, 0.25) is 0 Å². The van der Waals surface area contributed by atoms with Gasteiger partial charge in [0.1, 0.15) is 5.75 Å². The summed E-state index contributed by atoms with van der Waals surface area (Å²) in [5.74, 6) is 0.783. The van der Waals surface area contributed by atoms with Gasteiger partial charge in [-0.25, -0.2) is 0 Å². The maximum Gasteiger partial charge on any atom is 0.137 e. The molecule has 1 N–H and O–H groups in total. The van der Waals surface area contributed by atoms with Gasteiger partial charge in [0.05, 0.1) is 19.3 Å². The van der Waals surface area contributed by atoms with Crippen LogP contribution in [0, 0.1) is 3.57 Å². The molecule has 1 aromatic heterocycles. The zero-order chi connectivity index (χ0) is 13.7. The summed E-state index contributed by atoms with van der Waals surface area (Å²) in [6.45, 7) is 3.00. The maximum atomic E-state index is 5.25. The first kappa shape index (κ1) is 14.3. The molecule has 100 valence electrons. The molecule has 2 aromatic rings. The van der Waals surface area contributed by atoms with Crippen LogP contribution < -0.4 is 10.1 Å². The van der Waals surface area contributed by atoms with Gasteiger partial charge in [0.15, 0.2) is 0 Å². The first-order chi connectivity index (χ1) is 9.24. The zero-order valence-electron chi connectivity index (χ0n) is 11.1. The molecule has 3 nitrogen and oxygen atoms in total. The number of methoxy groups -OCH3 is 1. The third kappa shape index (κ3) is 3.67. The molecule has 0 saturated carbocycles. The minimum Gasteiger partial charge on any atom is -0.495 e. The smallest absolute Gasteiger partial charge is 0.137 e. The highest BCUT2D eigenvalue weighted by Crippen LogP contribution is 2.25. The Labute approximate surface area is 127 Å². The Morgan fingerprint density at radius 3 is 2.79 bits per heavy atom. The summed E-state index contributed by atoms with van der Waals surface area (Å²) in [6, 6.07) is 10.7. The average molecular weight is 368 g/mol. The van der Waals surface area contributed by atoms with Gasteiger partial charge in [-0.2, -0.15) is 0 Å². The van der Waals surface area contributed by atoms with Crippen molar-refractivity contribution in [3.05, 3.63) is 57.4 Å². The summed E-state index contributed by atoms with van der Waals surface area (Å²) < 4.78 is 6.48. The molecular weight excluding hydrogens is 351 g/mol. The molecule has 0 aliphatic heterocycles. The molecule has 19 heavy (non-hydrogen) atoms. The number of nitrogens with zero attached hydrogens (tertiary/aromatic N) is 1. The first-order valence-corrected chi connectivity index (χ1v) is 7.30. The van der Waals surface area contributed by atoms with Crippen molar-refractivity contribution in [2.75, 3.05) is 13.7 Å². The van der Waals surface area contributed by atoms with Crippen molar-refractivity contribution in [2.45, 2.75) is 13.0 Å². The third-order valence-corrected chi connectivity index (χ3v) is 3.56. The van der Waals surface area contributed by atoms with E-state index in [2.05, 4.69) is 64.1 Å².